The molecule has 1 aromatic carbocycles. The number of halogens is 1. The highest BCUT2D eigenvalue weighted by molar-refractivity contribution is 5.74. The SMILES string of the molecule is COc1ccc(F)c(-c2cc3cnn(-c4ncccn4)c(=O)n3c2C)c1. The van der Waals surface area contributed by atoms with Gasteiger partial charge < -0.3 is 4.74 Å². The van der Waals surface area contributed by atoms with Crippen LogP contribution in [0.4, 0.5) is 4.39 Å². The van der Waals surface area contributed by atoms with E-state index in [1.165, 1.54) is 36.2 Å². The van der Waals surface area contributed by atoms with Gasteiger partial charge in [0.1, 0.15) is 11.6 Å². The van der Waals surface area contributed by atoms with E-state index in [1.54, 1.807) is 31.2 Å². The lowest BCUT2D eigenvalue weighted by molar-refractivity contribution is 0.414. The van der Waals surface area contributed by atoms with Crippen LogP contribution >= 0.6 is 0 Å². The molecule has 0 atom stereocenters. The maximum Gasteiger partial charge on any atom is 0.356 e. The molecule has 0 amide bonds. The number of fused-ring (bicyclic) bond motifs is 1. The fraction of sp³-hybridized carbons (Fsp3) is 0.111. The lowest BCUT2D eigenvalue weighted by Crippen LogP contribution is -2.29. The highest BCUT2D eigenvalue weighted by atomic mass is 19.1. The molecule has 0 radical (unpaired) electrons. The highest BCUT2D eigenvalue weighted by Crippen LogP contribution is 2.31. The first kappa shape index (κ1) is 15.9. The zero-order valence-corrected chi connectivity index (χ0v) is 14.0. The van der Waals surface area contributed by atoms with Crippen LogP contribution in [0.3, 0.4) is 0 Å². The van der Waals surface area contributed by atoms with E-state index in [1.807, 2.05) is 0 Å². The van der Waals surface area contributed by atoms with Crippen LogP contribution in [0.5, 0.6) is 5.75 Å². The maximum absolute atomic E-state index is 14.4. The maximum atomic E-state index is 14.4. The van der Waals surface area contributed by atoms with Gasteiger partial charge in [-0.1, -0.05) is 0 Å². The summed E-state index contributed by atoms with van der Waals surface area (Å²) < 4.78 is 22.1. The van der Waals surface area contributed by atoms with E-state index in [-0.39, 0.29) is 5.95 Å². The molecule has 0 saturated carbocycles. The fourth-order valence-corrected chi connectivity index (χ4v) is 2.89. The third-order valence-electron chi connectivity index (χ3n) is 4.16. The topological polar surface area (TPSA) is 74.3 Å². The number of rotatable bonds is 3. The molecule has 0 fully saturated rings. The Balaban J connectivity index is 1.97. The van der Waals surface area contributed by atoms with Crippen molar-refractivity contribution in [2.24, 2.45) is 0 Å². The van der Waals surface area contributed by atoms with Gasteiger partial charge in [-0.05, 0) is 37.3 Å². The monoisotopic (exact) mass is 351 g/mol. The molecule has 0 aliphatic heterocycles. The van der Waals surface area contributed by atoms with Gasteiger partial charge in [0.2, 0.25) is 0 Å². The lowest BCUT2D eigenvalue weighted by atomic mass is 10.1. The van der Waals surface area contributed by atoms with Gasteiger partial charge in [0.15, 0.2) is 0 Å². The summed E-state index contributed by atoms with van der Waals surface area (Å²) in [5.41, 5.74) is 1.65. The van der Waals surface area contributed by atoms with Crippen molar-refractivity contribution in [3.05, 3.63) is 70.9 Å². The Morgan fingerprint density at radius 1 is 1.12 bits per heavy atom. The van der Waals surface area contributed by atoms with Crippen molar-refractivity contribution in [3.63, 3.8) is 0 Å². The zero-order chi connectivity index (χ0) is 18.3. The first-order valence-corrected chi connectivity index (χ1v) is 7.82. The van der Waals surface area contributed by atoms with E-state index in [9.17, 15) is 9.18 Å². The summed E-state index contributed by atoms with van der Waals surface area (Å²) in [5, 5.41) is 4.12. The Morgan fingerprint density at radius 2 is 1.88 bits per heavy atom. The molecule has 0 bridgehead atoms. The Hall–Kier alpha value is -3.55. The van der Waals surface area contributed by atoms with Crippen molar-refractivity contribution >= 4 is 5.52 Å². The van der Waals surface area contributed by atoms with Gasteiger partial charge in [-0.15, -0.1) is 4.68 Å². The summed E-state index contributed by atoms with van der Waals surface area (Å²) in [6, 6.07) is 7.86. The second kappa shape index (κ2) is 6.07. The fourth-order valence-electron chi connectivity index (χ4n) is 2.89. The van der Waals surface area contributed by atoms with Crippen LogP contribution in [0, 0.1) is 12.7 Å². The molecule has 8 heteroatoms. The zero-order valence-electron chi connectivity index (χ0n) is 14.0. The lowest BCUT2D eigenvalue weighted by Gasteiger charge is -2.06. The van der Waals surface area contributed by atoms with Crippen LogP contribution in [-0.2, 0) is 0 Å². The summed E-state index contributed by atoms with van der Waals surface area (Å²) in [5.74, 6) is 0.301. The van der Waals surface area contributed by atoms with Crippen molar-refractivity contribution in [1.82, 2.24) is 24.1 Å². The van der Waals surface area contributed by atoms with E-state index in [0.29, 0.717) is 28.1 Å². The van der Waals surface area contributed by atoms with Crippen molar-refractivity contribution < 1.29 is 9.13 Å². The standard InChI is InChI=1S/C18H14FN5O2/c1-11-14(15-9-13(26-2)4-5-16(15)19)8-12-10-22-24(18(25)23(11)12)17-20-6-3-7-21-17/h3-10H,1-2H3. The molecule has 3 aromatic heterocycles. The Bertz CT molecular complexity index is 1170. The van der Waals surface area contributed by atoms with Crippen molar-refractivity contribution in [2.75, 3.05) is 7.11 Å². The highest BCUT2D eigenvalue weighted by Gasteiger charge is 2.17. The smallest absolute Gasteiger partial charge is 0.356 e. The van der Waals surface area contributed by atoms with Crippen LogP contribution in [-0.4, -0.2) is 31.3 Å². The predicted molar refractivity (Wildman–Crippen MR) is 93.1 cm³/mol. The van der Waals surface area contributed by atoms with Crippen LogP contribution < -0.4 is 10.4 Å². The molecule has 0 N–H and O–H groups in total. The van der Waals surface area contributed by atoms with E-state index in [0.717, 1.165) is 4.68 Å². The molecule has 0 saturated heterocycles. The van der Waals surface area contributed by atoms with Crippen molar-refractivity contribution in [2.45, 2.75) is 6.92 Å². The first-order valence-electron chi connectivity index (χ1n) is 7.82. The molecule has 7 nitrogen and oxygen atoms in total. The predicted octanol–water partition coefficient (Wildman–Crippen LogP) is 2.40. The number of hydrogen-bond acceptors (Lipinski definition) is 5. The summed E-state index contributed by atoms with van der Waals surface area (Å²) in [4.78, 5) is 21.0. The first-order chi connectivity index (χ1) is 12.6. The Kier molecular flexibility index (Phi) is 3.72. The molecular formula is C18H14FN5O2. The third kappa shape index (κ3) is 2.43. The third-order valence-corrected chi connectivity index (χ3v) is 4.16. The minimum atomic E-state index is -0.430. The molecule has 0 spiro atoms. The summed E-state index contributed by atoms with van der Waals surface area (Å²) >= 11 is 0. The van der Waals surface area contributed by atoms with E-state index in [2.05, 4.69) is 15.1 Å². The Labute approximate surface area is 147 Å². The molecular weight excluding hydrogens is 337 g/mol. The average molecular weight is 351 g/mol. The van der Waals surface area contributed by atoms with Crippen molar-refractivity contribution in [1.29, 1.82) is 0 Å². The number of ether oxygens (including phenoxy) is 1. The molecule has 0 aliphatic carbocycles. The molecule has 0 aliphatic rings. The molecule has 130 valence electrons. The van der Waals surface area contributed by atoms with Crippen LogP contribution in [0.25, 0.3) is 22.6 Å². The minimum absolute atomic E-state index is 0.168. The second-order valence-electron chi connectivity index (χ2n) is 5.64. The number of hydrogen-bond donors (Lipinski definition) is 0. The van der Waals surface area contributed by atoms with Gasteiger partial charge in [0.05, 0.1) is 18.8 Å². The molecule has 3 heterocycles. The normalized spacial score (nSPS) is 11.0. The Morgan fingerprint density at radius 3 is 2.62 bits per heavy atom. The number of methoxy groups -OCH3 is 1. The largest absolute Gasteiger partial charge is 0.497 e. The van der Waals surface area contributed by atoms with Gasteiger partial charge >= 0.3 is 5.69 Å². The quantitative estimate of drug-likeness (QED) is 0.567. The molecule has 0 unspecified atom stereocenters. The van der Waals surface area contributed by atoms with Gasteiger partial charge in [-0.3, -0.25) is 4.40 Å². The summed E-state index contributed by atoms with van der Waals surface area (Å²) in [6.07, 6.45) is 4.58. The van der Waals surface area contributed by atoms with E-state index < -0.39 is 11.5 Å². The van der Waals surface area contributed by atoms with Crippen molar-refractivity contribution in [3.8, 4) is 22.8 Å². The number of aryl methyl sites for hydroxylation is 1. The van der Waals surface area contributed by atoms with Crippen LogP contribution in [0.15, 0.2) is 53.7 Å². The number of aromatic nitrogens is 5. The van der Waals surface area contributed by atoms with Gasteiger partial charge in [0, 0.05) is 29.2 Å². The van der Waals surface area contributed by atoms with Gasteiger partial charge in [0.25, 0.3) is 5.95 Å². The molecule has 4 aromatic rings. The molecule has 4 rings (SSSR count). The van der Waals surface area contributed by atoms with Crippen LogP contribution in [0.1, 0.15) is 5.69 Å². The van der Waals surface area contributed by atoms with E-state index >= 15 is 0 Å². The number of benzene rings is 1. The minimum Gasteiger partial charge on any atom is -0.497 e. The summed E-state index contributed by atoms with van der Waals surface area (Å²) in [6.45, 7) is 1.75. The van der Waals surface area contributed by atoms with Gasteiger partial charge in [-0.25, -0.2) is 19.2 Å². The number of nitrogens with zero attached hydrogens (tertiary/aromatic N) is 5. The average Bonchev–Trinajstić information content (AvgIpc) is 3.00. The van der Waals surface area contributed by atoms with Gasteiger partial charge in [-0.2, -0.15) is 5.10 Å². The second-order valence-corrected chi connectivity index (χ2v) is 5.64. The van der Waals surface area contributed by atoms with Crippen LogP contribution in [0.2, 0.25) is 0 Å². The van der Waals surface area contributed by atoms with E-state index in [4.69, 9.17) is 4.74 Å². The summed E-state index contributed by atoms with van der Waals surface area (Å²) in [7, 11) is 1.52. The molecule has 26 heavy (non-hydrogen) atoms.